The van der Waals surface area contributed by atoms with Gasteiger partial charge in [0.25, 0.3) is 0 Å². The van der Waals surface area contributed by atoms with Crippen LogP contribution in [0.3, 0.4) is 0 Å². The zero-order valence-corrected chi connectivity index (χ0v) is 18.6. The Balaban J connectivity index is 1.47. The van der Waals surface area contributed by atoms with E-state index in [4.69, 9.17) is 9.72 Å². The van der Waals surface area contributed by atoms with Gasteiger partial charge in [-0.15, -0.1) is 0 Å². The third-order valence-electron chi connectivity index (χ3n) is 6.91. The number of ether oxygens (including phenoxy) is 1. The van der Waals surface area contributed by atoms with Crippen molar-refractivity contribution in [2.45, 2.75) is 69.7 Å². The number of amides is 1. The predicted molar refractivity (Wildman–Crippen MR) is 124 cm³/mol. The number of fused-ring (bicyclic) bond motifs is 1. The van der Waals surface area contributed by atoms with Crippen molar-refractivity contribution < 1.29 is 9.53 Å². The Morgan fingerprint density at radius 3 is 2.52 bits per heavy atom. The summed E-state index contributed by atoms with van der Waals surface area (Å²) in [5.74, 6) is 2.17. The van der Waals surface area contributed by atoms with Gasteiger partial charge in [0.15, 0.2) is 0 Å². The Bertz CT molecular complexity index is 1110. The Morgan fingerprint density at radius 1 is 1.16 bits per heavy atom. The highest BCUT2D eigenvalue weighted by molar-refractivity contribution is 5.93. The van der Waals surface area contributed by atoms with Gasteiger partial charge in [0, 0.05) is 18.5 Å². The molecule has 2 aromatic carbocycles. The van der Waals surface area contributed by atoms with Gasteiger partial charge in [-0.3, -0.25) is 10.1 Å². The molecular weight excluding hydrogens is 386 g/mol. The molecule has 2 aliphatic carbocycles. The van der Waals surface area contributed by atoms with E-state index in [1.165, 1.54) is 24.8 Å². The molecular formula is C26H31N3O2. The van der Waals surface area contributed by atoms with Crippen LogP contribution in [0.15, 0.2) is 42.5 Å². The molecule has 0 spiro atoms. The number of carbonyl (C=O) groups is 1. The highest BCUT2D eigenvalue weighted by Crippen LogP contribution is 2.47. The molecule has 0 atom stereocenters. The Kier molecular flexibility index (Phi) is 4.99. The SMILES string of the molecule is COc1cc2nc(NC(=O)CC(C)(C)c3ccccc3)n(C3CCC3)c2cc1C1CC1. The monoisotopic (exact) mass is 417 g/mol. The summed E-state index contributed by atoms with van der Waals surface area (Å²) in [5.41, 5.74) is 4.20. The third kappa shape index (κ3) is 3.82. The lowest BCUT2D eigenvalue weighted by molar-refractivity contribution is -0.117. The van der Waals surface area contributed by atoms with Crippen LogP contribution in [-0.4, -0.2) is 22.6 Å². The van der Waals surface area contributed by atoms with Crippen LogP contribution >= 0.6 is 0 Å². The molecule has 1 N–H and O–H groups in total. The van der Waals surface area contributed by atoms with Crippen molar-refractivity contribution in [3.8, 4) is 5.75 Å². The lowest BCUT2D eigenvalue weighted by atomic mass is 9.81. The van der Waals surface area contributed by atoms with Gasteiger partial charge >= 0.3 is 0 Å². The lowest BCUT2D eigenvalue weighted by Crippen LogP contribution is -2.28. The van der Waals surface area contributed by atoms with E-state index in [1.54, 1.807) is 7.11 Å². The summed E-state index contributed by atoms with van der Waals surface area (Å²) < 4.78 is 7.93. The number of nitrogens with zero attached hydrogens (tertiary/aromatic N) is 2. The molecule has 162 valence electrons. The van der Waals surface area contributed by atoms with E-state index in [0.29, 0.717) is 24.3 Å². The van der Waals surface area contributed by atoms with Crippen LogP contribution in [0, 0.1) is 0 Å². The first-order valence-corrected chi connectivity index (χ1v) is 11.4. The fourth-order valence-corrected chi connectivity index (χ4v) is 4.69. The number of imidazole rings is 1. The second-order valence-electron chi connectivity index (χ2n) is 9.72. The maximum atomic E-state index is 13.1. The van der Waals surface area contributed by atoms with Crippen LogP contribution in [0.1, 0.15) is 75.5 Å². The van der Waals surface area contributed by atoms with Gasteiger partial charge < -0.3 is 9.30 Å². The molecule has 3 aromatic rings. The number of benzene rings is 2. The summed E-state index contributed by atoms with van der Waals surface area (Å²) in [6.45, 7) is 4.23. The minimum absolute atomic E-state index is 0.000820. The summed E-state index contributed by atoms with van der Waals surface area (Å²) >= 11 is 0. The fraction of sp³-hybridized carbons (Fsp3) is 0.462. The van der Waals surface area contributed by atoms with E-state index in [9.17, 15) is 4.79 Å². The van der Waals surface area contributed by atoms with Gasteiger partial charge in [-0.2, -0.15) is 0 Å². The van der Waals surface area contributed by atoms with Crippen molar-refractivity contribution >= 4 is 22.9 Å². The van der Waals surface area contributed by atoms with Crippen molar-refractivity contribution in [2.24, 2.45) is 0 Å². The van der Waals surface area contributed by atoms with Crippen molar-refractivity contribution in [3.63, 3.8) is 0 Å². The van der Waals surface area contributed by atoms with E-state index < -0.39 is 0 Å². The zero-order chi connectivity index (χ0) is 21.6. The number of rotatable bonds is 7. The first-order chi connectivity index (χ1) is 15.0. The predicted octanol–water partition coefficient (Wildman–Crippen LogP) is 5.95. The van der Waals surface area contributed by atoms with Crippen LogP contribution in [-0.2, 0) is 10.2 Å². The molecule has 0 bridgehead atoms. The average Bonchev–Trinajstić information content (AvgIpc) is 3.50. The number of methoxy groups -OCH3 is 1. The lowest BCUT2D eigenvalue weighted by Gasteiger charge is -2.29. The number of carbonyl (C=O) groups excluding carboxylic acids is 1. The summed E-state index contributed by atoms with van der Waals surface area (Å²) in [6, 6.07) is 14.9. The molecule has 5 rings (SSSR count). The number of aromatic nitrogens is 2. The number of nitrogens with one attached hydrogen (secondary N) is 1. The molecule has 5 heteroatoms. The van der Waals surface area contributed by atoms with E-state index in [0.717, 1.165) is 35.2 Å². The summed E-state index contributed by atoms with van der Waals surface area (Å²) in [7, 11) is 1.73. The van der Waals surface area contributed by atoms with Crippen molar-refractivity contribution in [1.29, 1.82) is 0 Å². The fourth-order valence-electron chi connectivity index (χ4n) is 4.69. The maximum Gasteiger partial charge on any atom is 0.227 e. The van der Waals surface area contributed by atoms with E-state index in [1.807, 2.05) is 24.3 Å². The molecule has 31 heavy (non-hydrogen) atoms. The molecule has 2 aliphatic rings. The number of hydrogen-bond donors (Lipinski definition) is 1. The van der Waals surface area contributed by atoms with E-state index in [2.05, 4.69) is 41.9 Å². The van der Waals surface area contributed by atoms with Crippen LogP contribution in [0.2, 0.25) is 0 Å². The van der Waals surface area contributed by atoms with Crippen LogP contribution < -0.4 is 10.1 Å². The highest BCUT2D eigenvalue weighted by atomic mass is 16.5. The third-order valence-corrected chi connectivity index (χ3v) is 6.91. The minimum atomic E-state index is -0.249. The second-order valence-corrected chi connectivity index (χ2v) is 9.72. The molecule has 0 unspecified atom stereocenters. The molecule has 5 nitrogen and oxygen atoms in total. The molecule has 2 saturated carbocycles. The van der Waals surface area contributed by atoms with E-state index >= 15 is 0 Å². The number of anilines is 1. The summed E-state index contributed by atoms with van der Waals surface area (Å²) in [6.07, 6.45) is 6.34. The summed E-state index contributed by atoms with van der Waals surface area (Å²) in [5, 5.41) is 3.15. The van der Waals surface area contributed by atoms with Gasteiger partial charge in [-0.05, 0) is 60.6 Å². The van der Waals surface area contributed by atoms with E-state index in [-0.39, 0.29) is 11.3 Å². The quantitative estimate of drug-likeness (QED) is 0.516. The molecule has 0 saturated heterocycles. The van der Waals surface area contributed by atoms with Crippen LogP contribution in [0.25, 0.3) is 11.0 Å². The maximum absolute atomic E-state index is 13.1. The van der Waals surface area contributed by atoms with Crippen molar-refractivity contribution in [1.82, 2.24) is 9.55 Å². The Hall–Kier alpha value is -2.82. The molecule has 0 aliphatic heterocycles. The Labute approximate surface area is 183 Å². The second kappa shape index (κ2) is 7.70. The highest BCUT2D eigenvalue weighted by Gasteiger charge is 2.31. The molecule has 1 heterocycles. The van der Waals surface area contributed by atoms with Crippen molar-refractivity contribution in [3.05, 3.63) is 53.6 Å². The minimum Gasteiger partial charge on any atom is -0.496 e. The van der Waals surface area contributed by atoms with Gasteiger partial charge in [0.1, 0.15) is 5.75 Å². The van der Waals surface area contributed by atoms with Gasteiger partial charge in [0.05, 0.1) is 18.1 Å². The van der Waals surface area contributed by atoms with Crippen LogP contribution in [0.5, 0.6) is 5.75 Å². The molecule has 1 aromatic heterocycles. The first kappa shape index (κ1) is 20.1. The topological polar surface area (TPSA) is 56.1 Å². The van der Waals surface area contributed by atoms with Gasteiger partial charge in [-0.1, -0.05) is 44.2 Å². The first-order valence-electron chi connectivity index (χ1n) is 11.4. The zero-order valence-electron chi connectivity index (χ0n) is 18.6. The standard InChI is InChI=1S/C26H31N3O2/c1-26(2,18-8-5-4-6-9-18)16-24(30)28-25-27-21-15-23(31-3)20(17-12-13-17)14-22(21)29(25)19-10-7-11-19/h4-6,8-9,14-15,17,19H,7,10-13,16H2,1-3H3,(H,27,28,30). The largest absolute Gasteiger partial charge is 0.496 e. The van der Waals surface area contributed by atoms with Gasteiger partial charge in [0.2, 0.25) is 11.9 Å². The Morgan fingerprint density at radius 2 is 1.90 bits per heavy atom. The van der Waals surface area contributed by atoms with Gasteiger partial charge in [-0.25, -0.2) is 4.98 Å². The molecule has 0 radical (unpaired) electrons. The molecule has 1 amide bonds. The summed E-state index contributed by atoms with van der Waals surface area (Å²) in [4.78, 5) is 17.9. The average molecular weight is 418 g/mol. The smallest absolute Gasteiger partial charge is 0.227 e. The van der Waals surface area contributed by atoms with Crippen LogP contribution in [0.4, 0.5) is 5.95 Å². The van der Waals surface area contributed by atoms with Crippen molar-refractivity contribution in [2.75, 3.05) is 12.4 Å². The normalized spacial score (nSPS) is 16.9. The molecule has 2 fully saturated rings. The number of hydrogen-bond acceptors (Lipinski definition) is 3.